The van der Waals surface area contributed by atoms with Gasteiger partial charge >= 0.3 is 0 Å². The molecule has 2 nitrogen and oxygen atoms in total. The lowest BCUT2D eigenvalue weighted by Crippen LogP contribution is -1.92. The van der Waals surface area contributed by atoms with Gasteiger partial charge in [-0.2, -0.15) is 0 Å². The Morgan fingerprint density at radius 1 is 1.29 bits per heavy atom. The van der Waals surface area contributed by atoms with Crippen LogP contribution < -0.4 is 4.74 Å². The fraction of sp³-hybridized carbons (Fsp3) is 0.583. The van der Waals surface area contributed by atoms with E-state index in [0.717, 1.165) is 12.1 Å². The number of pyridine rings is 1. The molecule has 1 rings (SSSR count). The molecule has 0 amide bonds. The van der Waals surface area contributed by atoms with Crippen molar-refractivity contribution in [3.05, 3.63) is 23.9 Å². The van der Waals surface area contributed by atoms with Gasteiger partial charge in [-0.15, -0.1) is 0 Å². The van der Waals surface area contributed by atoms with Crippen molar-refractivity contribution in [1.82, 2.24) is 4.98 Å². The van der Waals surface area contributed by atoms with E-state index in [0.29, 0.717) is 5.88 Å². The van der Waals surface area contributed by atoms with Crippen LogP contribution in [-0.4, -0.2) is 12.1 Å². The van der Waals surface area contributed by atoms with Crippen molar-refractivity contribution in [2.75, 3.05) is 7.11 Å². The summed E-state index contributed by atoms with van der Waals surface area (Å²) in [6, 6.07) is 5.89. The smallest absolute Gasteiger partial charge is 0.213 e. The van der Waals surface area contributed by atoms with Gasteiger partial charge in [0.25, 0.3) is 0 Å². The van der Waals surface area contributed by atoms with Gasteiger partial charge in [-0.3, -0.25) is 0 Å². The predicted octanol–water partition coefficient (Wildman–Crippen LogP) is 3.46. The number of nitrogens with zero attached hydrogens (tertiary/aromatic N) is 1. The Labute approximate surface area is 87.3 Å². The first-order chi connectivity index (χ1) is 6.86. The van der Waals surface area contributed by atoms with E-state index >= 15 is 0 Å². The Balaban J connectivity index is 0.000000791. The second-order valence-electron chi connectivity index (χ2n) is 2.77. The number of hydrogen-bond acceptors (Lipinski definition) is 2. The zero-order valence-electron chi connectivity index (χ0n) is 9.71. The number of unbranched alkanes of at least 4 members (excludes halogenated alkanes) is 1. The van der Waals surface area contributed by atoms with Crippen molar-refractivity contribution >= 4 is 0 Å². The highest BCUT2D eigenvalue weighted by molar-refractivity contribution is 5.15. The van der Waals surface area contributed by atoms with Crippen molar-refractivity contribution in [3.8, 4) is 5.88 Å². The molecule has 0 fully saturated rings. The molecule has 0 aliphatic rings. The lowest BCUT2D eigenvalue weighted by Gasteiger charge is -2.01. The molecule has 0 unspecified atom stereocenters. The highest BCUT2D eigenvalue weighted by Gasteiger charge is 1.95. The molecule has 2 heteroatoms. The van der Waals surface area contributed by atoms with Crippen LogP contribution in [-0.2, 0) is 6.42 Å². The maximum absolute atomic E-state index is 5.02. The predicted molar refractivity (Wildman–Crippen MR) is 60.7 cm³/mol. The average molecular weight is 195 g/mol. The Morgan fingerprint density at radius 3 is 2.57 bits per heavy atom. The van der Waals surface area contributed by atoms with Crippen LogP contribution in [0.2, 0.25) is 0 Å². The van der Waals surface area contributed by atoms with Crippen LogP contribution in [0.4, 0.5) is 0 Å². The molecule has 0 saturated heterocycles. The fourth-order valence-corrected chi connectivity index (χ4v) is 1.07. The summed E-state index contributed by atoms with van der Waals surface area (Å²) >= 11 is 0. The van der Waals surface area contributed by atoms with E-state index in [1.165, 1.54) is 12.8 Å². The largest absolute Gasteiger partial charge is 0.481 e. The van der Waals surface area contributed by atoms with Gasteiger partial charge < -0.3 is 4.74 Å². The number of rotatable bonds is 4. The molecule has 1 aromatic heterocycles. The van der Waals surface area contributed by atoms with Gasteiger partial charge in [0.05, 0.1) is 7.11 Å². The SMILES string of the molecule is CC.CCCCc1cccc(OC)n1. The minimum atomic E-state index is 0.712. The van der Waals surface area contributed by atoms with E-state index in [1.54, 1.807) is 7.11 Å². The highest BCUT2D eigenvalue weighted by Crippen LogP contribution is 2.08. The van der Waals surface area contributed by atoms with Crippen molar-refractivity contribution in [1.29, 1.82) is 0 Å². The van der Waals surface area contributed by atoms with E-state index in [-0.39, 0.29) is 0 Å². The van der Waals surface area contributed by atoms with Gasteiger partial charge in [-0.1, -0.05) is 33.3 Å². The van der Waals surface area contributed by atoms with E-state index < -0.39 is 0 Å². The minimum Gasteiger partial charge on any atom is -0.481 e. The molecule has 1 aromatic rings. The third kappa shape index (κ3) is 4.85. The van der Waals surface area contributed by atoms with Gasteiger partial charge in [0.15, 0.2) is 0 Å². The van der Waals surface area contributed by atoms with Crippen LogP contribution in [0.1, 0.15) is 39.3 Å². The van der Waals surface area contributed by atoms with Crippen molar-refractivity contribution in [2.45, 2.75) is 40.0 Å². The lowest BCUT2D eigenvalue weighted by molar-refractivity contribution is 0.396. The maximum atomic E-state index is 5.02. The van der Waals surface area contributed by atoms with E-state index in [1.807, 2.05) is 32.0 Å². The second kappa shape index (κ2) is 8.54. The number of methoxy groups -OCH3 is 1. The molecule has 0 N–H and O–H groups in total. The van der Waals surface area contributed by atoms with Crippen LogP contribution >= 0.6 is 0 Å². The molecule has 1 heterocycles. The molecule has 0 aromatic carbocycles. The molecule has 0 bridgehead atoms. The Kier molecular flexibility index (Phi) is 7.90. The molecule has 14 heavy (non-hydrogen) atoms. The van der Waals surface area contributed by atoms with E-state index in [9.17, 15) is 0 Å². The number of aromatic nitrogens is 1. The molecule has 0 saturated carbocycles. The molecule has 0 aliphatic carbocycles. The van der Waals surface area contributed by atoms with Gasteiger partial charge in [0.1, 0.15) is 0 Å². The quantitative estimate of drug-likeness (QED) is 0.734. The first-order valence-electron chi connectivity index (χ1n) is 5.36. The van der Waals surface area contributed by atoms with Crippen LogP contribution in [0.15, 0.2) is 18.2 Å². The minimum absolute atomic E-state index is 0.712. The van der Waals surface area contributed by atoms with Gasteiger partial charge in [0, 0.05) is 11.8 Å². The number of hydrogen-bond donors (Lipinski definition) is 0. The third-order valence-corrected chi connectivity index (χ3v) is 1.78. The second-order valence-corrected chi connectivity index (χ2v) is 2.77. The molecule has 0 spiro atoms. The maximum Gasteiger partial charge on any atom is 0.213 e. The fourth-order valence-electron chi connectivity index (χ4n) is 1.07. The molecule has 0 aliphatic heterocycles. The van der Waals surface area contributed by atoms with Crippen LogP contribution in [0.25, 0.3) is 0 Å². The Bertz CT molecular complexity index is 236. The van der Waals surface area contributed by atoms with Crippen LogP contribution in [0.5, 0.6) is 5.88 Å². The molecule has 0 atom stereocenters. The number of ether oxygens (including phenoxy) is 1. The van der Waals surface area contributed by atoms with Gasteiger partial charge in [0.2, 0.25) is 5.88 Å². The first kappa shape index (κ1) is 12.9. The summed E-state index contributed by atoms with van der Waals surface area (Å²) in [5.74, 6) is 0.712. The summed E-state index contributed by atoms with van der Waals surface area (Å²) in [5.41, 5.74) is 1.12. The van der Waals surface area contributed by atoms with E-state index in [4.69, 9.17) is 4.74 Å². The van der Waals surface area contributed by atoms with Crippen molar-refractivity contribution in [3.63, 3.8) is 0 Å². The normalized spacial score (nSPS) is 8.86. The summed E-state index contributed by atoms with van der Waals surface area (Å²) in [7, 11) is 1.64. The summed E-state index contributed by atoms with van der Waals surface area (Å²) in [4.78, 5) is 4.31. The van der Waals surface area contributed by atoms with Crippen molar-refractivity contribution < 1.29 is 4.74 Å². The summed E-state index contributed by atoms with van der Waals surface area (Å²) in [5, 5.41) is 0. The highest BCUT2D eigenvalue weighted by atomic mass is 16.5. The molecule has 80 valence electrons. The van der Waals surface area contributed by atoms with Crippen LogP contribution in [0.3, 0.4) is 0 Å². The lowest BCUT2D eigenvalue weighted by atomic mass is 10.2. The third-order valence-electron chi connectivity index (χ3n) is 1.78. The molecular formula is C12H21NO. The van der Waals surface area contributed by atoms with E-state index in [2.05, 4.69) is 11.9 Å². The monoisotopic (exact) mass is 195 g/mol. The average Bonchev–Trinajstić information content (AvgIpc) is 2.29. The number of aryl methyl sites for hydroxylation is 1. The standard InChI is InChI=1S/C10H15NO.C2H6/c1-3-4-6-9-7-5-8-10(11-9)12-2;1-2/h5,7-8H,3-4,6H2,1-2H3;1-2H3. The first-order valence-corrected chi connectivity index (χ1v) is 5.36. The summed E-state index contributed by atoms with van der Waals surface area (Å²) in [6.45, 7) is 6.18. The topological polar surface area (TPSA) is 22.1 Å². The van der Waals surface area contributed by atoms with Crippen LogP contribution in [0, 0.1) is 0 Å². The van der Waals surface area contributed by atoms with Gasteiger partial charge in [-0.25, -0.2) is 4.98 Å². The Hall–Kier alpha value is -1.05. The molecule has 0 radical (unpaired) electrons. The zero-order valence-corrected chi connectivity index (χ0v) is 9.71. The summed E-state index contributed by atoms with van der Waals surface area (Å²) < 4.78 is 5.02. The van der Waals surface area contributed by atoms with Crippen molar-refractivity contribution in [2.24, 2.45) is 0 Å². The van der Waals surface area contributed by atoms with Gasteiger partial charge in [-0.05, 0) is 18.9 Å². The zero-order chi connectivity index (χ0) is 10.8. The summed E-state index contributed by atoms with van der Waals surface area (Å²) in [6.07, 6.45) is 3.45. The molecular weight excluding hydrogens is 174 g/mol. The Morgan fingerprint density at radius 2 is 2.00 bits per heavy atom.